The molecule has 160 valence electrons. The lowest BCUT2D eigenvalue weighted by Gasteiger charge is -2.35. The molecule has 0 bridgehead atoms. The summed E-state index contributed by atoms with van der Waals surface area (Å²) in [5.41, 5.74) is 2.00. The lowest BCUT2D eigenvalue weighted by Crippen LogP contribution is -2.53. The standard InChI is InChI=1S/C20H31N5O3S/c26-20(21-18-5-7-19(8-6-18)23-9-1-2-10-23)17-22-13-15-25(16-14-22)29(27,28)24-11-3-4-12-24/h5-8H,1-4,9-17H2,(H,21,26). The molecule has 3 saturated heterocycles. The van der Waals surface area contributed by atoms with Crippen molar-refractivity contribution in [1.82, 2.24) is 13.5 Å². The second-order valence-corrected chi connectivity index (χ2v) is 10.0. The molecule has 4 rings (SSSR count). The van der Waals surface area contributed by atoms with E-state index in [2.05, 4.69) is 22.3 Å². The van der Waals surface area contributed by atoms with Crippen molar-refractivity contribution < 1.29 is 13.2 Å². The lowest BCUT2D eigenvalue weighted by atomic mass is 10.2. The topological polar surface area (TPSA) is 76.2 Å². The molecule has 29 heavy (non-hydrogen) atoms. The van der Waals surface area contributed by atoms with Crippen LogP contribution in [0.15, 0.2) is 24.3 Å². The molecular formula is C20H31N5O3S. The predicted octanol–water partition coefficient (Wildman–Crippen LogP) is 1.18. The van der Waals surface area contributed by atoms with Gasteiger partial charge in [0.05, 0.1) is 6.54 Å². The van der Waals surface area contributed by atoms with Gasteiger partial charge in [0, 0.05) is 63.7 Å². The summed E-state index contributed by atoms with van der Waals surface area (Å²) in [7, 11) is -3.34. The zero-order valence-electron chi connectivity index (χ0n) is 16.9. The number of carbonyl (C=O) groups excluding carboxylic acids is 1. The van der Waals surface area contributed by atoms with E-state index in [0.717, 1.165) is 31.6 Å². The van der Waals surface area contributed by atoms with Gasteiger partial charge in [-0.05, 0) is 49.9 Å². The normalized spacial score (nSPS) is 22.3. The van der Waals surface area contributed by atoms with Crippen molar-refractivity contribution in [2.75, 3.05) is 69.1 Å². The van der Waals surface area contributed by atoms with Gasteiger partial charge < -0.3 is 10.2 Å². The first-order chi connectivity index (χ1) is 14.0. The van der Waals surface area contributed by atoms with Crippen molar-refractivity contribution in [2.24, 2.45) is 0 Å². The van der Waals surface area contributed by atoms with Crippen LogP contribution < -0.4 is 10.2 Å². The second kappa shape index (κ2) is 8.99. The van der Waals surface area contributed by atoms with Crippen LogP contribution in [0.3, 0.4) is 0 Å². The van der Waals surface area contributed by atoms with Gasteiger partial charge in [0.25, 0.3) is 10.2 Å². The highest BCUT2D eigenvalue weighted by Crippen LogP contribution is 2.22. The molecule has 1 aromatic carbocycles. The zero-order chi connectivity index (χ0) is 20.3. The Morgan fingerprint density at radius 3 is 1.97 bits per heavy atom. The summed E-state index contributed by atoms with van der Waals surface area (Å²) in [6.45, 7) is 5.78. The third kappa shape index (κ3) is 4.91. The molecule has 0 atom stereocenters. The molecular weight excluding hydrogens is 390 g/mol. The second-order valence-electron chi connectivity index (χ2n) is 8.08. The fraction of sp³-hybridized carbons (Fsp3) is 0.650. The van der Waals surface area contributed by atoms with Crippen LogP contribution in [0.5, 0.6) is 0 Å². The molecule has 1 aromatic rings. The van der Waals surface area contributed by atoms with E-state index < -0.39 is 10.2 Å². The molecule has 1 N–H and O–H groups in total. The van der Waals surface area contributed by atoms with Crippen LogP contribution in [0.1, 0.15) is 25.7 Å². The summed E-state index contributed by atoms with van der Waals surface area (Å²) in [5.74, 6) is -0.0604. The van der Waals surface area contributed by atoms with Crippen molar-refractivity contribution in [1.29, 1.82) is 0 Å². The Kier molecular flexibility index (Phi) is 6.38. The number of amides is 1. The van der Waals surface area contributed by atoms with Gasteiger partial charge in [0.2, 0.25) is 5.91 Å². The van der Waals surface area contributed by atoms with Crippen molar-refractivity contribution in [3.8, 4) is 0 Å². The SMILES string of the molecule is O=C(CN1CCN(S(=O)(=O)N2CCCC2)CC1)Nc1ccc(N2CCCC2)cc1. The smallest absolute Gasteiger partial charge is 0.282 e. The number of benzene rings is 1. The van der Waals surface area contributed by atoms with Crippen LogP contribution in [-0.2, 0) is 15.0 Å². The van der Waals surface area contributed by atoms with Gasteiger partial charge in [0.1, 0.15) is 0 Å². The summed E-state index contributed by atoms with van der Waals surface area (Å²) in [6, 6.07) is 8.02. The molecule has 0 aliphatic carbocycles. The van der Waals surface area contributed by atoms with E-state index in [9.17, 15) is 13.2 Å². The van der Waals surface area contributed by atoms with Crippen LogP contribution >= 0.6 is 0 Å². The number of hydrogen-bond donors (Lipinski definition) is 1. The molecule has 3 aliphatic rings. The Hall–Kier alpha value is -1.68. The van der Waals surface area contributed by atoms with Crippen molar-refractivity contribution in [2.45, 2.75) is 25.7 Å². The van der Waals surface area contributed by atoms with E-state index in [1.165, 1.54) is 18.5 Å². The van der Waals surface area contributed by atoms with Gasteiger partial charge >= 0.3 is 0 Å². The predicted molar refractivity (Wildman–Crippen MR) is 114 cm³/mol. The minimum atomic E-state index is -3.34. The van der Waals surface area contributed by atoms with Crippen molar-refractivity contribution in [3.63, 3.8) is 0 Å². The van der Waals surface area contributed by atoms with Gasteiger partial charge in [-0.3, -0.25) is 9.69 Å². The first kappa shape index (κ1) is 20.6. The van der Waals surface area contributed by atoms with E-state index in [1.807, 2.05) is 17.0 Å². The largest absolute Gasteiger partial charge is 0.372 e. The van der Waals surface area contributed by atoms with E-state index in [-0.39, 0.29) is 12.5 Å². The summed E-state index contributed by atoms with van der Waals surface area (Å²) in [4.78, 5) is 16.8. The summed E-state index contributed by atoms with van der Waals surface area (Å²) >= 11 is 0. The number of anilines is 2. The van der Waals surface area contributed by atoms with Gasteiger partial charge in [0.15, 0.2) is 0 Å². The van der Waals surface area contributed by atoms with Gasteiger partial charge in [-0.1, -0.05) is 0 Å². The van der Waals surface area contributed by atoms with Crippen LogP contribution in [-0.4, -0.2) is 86.7 Å². The maximum Gasteiger partial charge on any atom is 0.282 e. The van der Waals surface area contributed by atoms with E-state index in [1.54, 1.807) is 8.61 Å². The number of nitrogens with one attached hydrogen (secondary N) is 1. The van der Waals surface area contributed by atoms with E-state index in [0.29, 0.717) is 39.3 Å². The maximum absolute atomic E-state index is 12.6. The number of hydrogen-bond acceptors (Lipinski definition) is 5. The minimum absolute atomic E-state index is 0.0604. The first-order valence-corrected chi connectivity index (χ1v) is 12.0. The summed E-state index contributed by atoms with van der Waals surface area (Å²) in [6.07, 6.45) is 4.37. The fourth-order valence-corrected chi connectivity index (χ4v) is 6.01. The van der Waals surface area contributed by atoms with Crippen molar-refractivity contribution in [3.05, 3.63) is 24.3 Å². The Morgan fingerprint density at radius 1 is 0.793 bits per heavy atom. The Labute approximate surface area is 173 Å². The van der Waals surface area contributed by atoms with Crippen LogP contribution in [0.25, 0.3) is 0 Å². The average Bonchev–Trinajstić information content (AvgIpc) is 3.43. The molecule has 8 nitrogen and oxygen atoms in total. The van der Waals surface area contributed by atoms with Crippen LogP contribution in [0.2, 0.25) is 0 Å². The summed E-state index contributed by atoms with van der Waals surface area (Å²) in [5, 5.41) is 2.95. The van der Waals surface area contributed by atoms with Gasteiger partial charge in [-0.25, -0.2) is 0 Å². The number of nitrogens with zero attached hydrogens (tertiary/aromatic N) is 4. The van der Waals surface area contributed by atoms with E-state index >= 15 is 0 Å². The lowest BCUT2D eigenvalue weighted by molar-refractivity contribution is -0.117. The van der Waals surface area contributed by atoms with E-state index in [4.69, 9.17) is 0 Å². The molecule has 0 aromatic heterocycles. The molecule has 0 spiro atoms. The van der Waals surface area contributed by atoms with Crippen molar-refractivity contribution >= 4 is 27.5 Å². The number of piperazine rings is 1. The zero-order valence-corrected chi connectivity index (χ0v) is 17.7. The monoisotopic (exact) mass is 421 g/mol. The maximum atomic E-state index is 12.6. The number of rotatable bonds is 6. The van der Waals surface area contributed by atoms with Crippen LogP contribution in [0, 0.1) is 0 Å². The average molecular weight is 422 g/mol. The third-order valence-corrected chi connectivity index (χ3v) is 8.07. The van der Waals surface area contributed by atoms with Gasteiger partial charge in [-0.15, -0.1) is 0 Å². The molecule has 3 heterocycles. The highest BCUT2D eigenvalue weighted by atomic mass is 32.2. The fourth-order valence-electron chi connectivity index (χ4n) is 4.34. The quantitative estimate of drug-likeness (QED) is 0.747. The molecule has 9 heteroatoms. The van der Waals surface area contributed by atoms with Crippen LogP contribution in [0.4, 0.5) is 11.4 Å². The summed E-state index contributed by atoms with van der Waals surface area (Å²) < 4.78 is 28.4. The molecule has 0 unspecified atom stereocenters. The minimum Gasteiger partial charge on any atom is -0.372 e. The van der Waals surface area contributed by atoms with Gasteiger partial charge in [-0.2, -0.15) is 17.0 Å². The molecule has 1 amide bonds. The molecule has 0 saturated carbocycles. The molecule has 0 radical (unpaired) electrons. The molecule has 3 aliphatic heterocycles. The first-order valence-electron chi connectivity index (χ1n) is 10.6. The highest BCUT2D eigenvalue weighted by molar-refractivity contribution is 7.86. The highest BCUT2D eigenvalue weighted by Gasteiger charge is 2.33. The Bertz CT molecular complexity index is 794. The number of carbonyl (C=O) groups is 1. The Morgan fingerprint density at radius 2 is 1.34 bits per heavy atom. The third-order valence-electron chi connectivity index (χ3n) is 6.04. The Balaban J connectivity index is 1.23. The molecule has 3 fully saturated rings.